The summed E-state index contributed by atoms with van der Waals surface area (Å²) in [7, 11) is 0. The van der Waals surface area contributed by atoms with E-state index in [-0.39, 0.29) is 0 Å². The first-order chi connectivity index (χ1) is 9.65. The van der Waals surface area contributed by atoms with E-state index in [1.807, 2.05) is 0 Å². The summed E-state index contributed by atoms with van der Waals surface area (Å²) in [5, 5.41) is 3.62. The van der Waals surface area contributed by atoms with Gasteiger partial charge in [-0.25, -0.2) is 0 Å². The molecule has 1 aromatic carbocycles. The highest BCUT2D eigenvalue weighted by Crippen LogP contribution is 2.14. The molecule has 0 heterocycles. The van der Waals surface area contributed by atoms with Crippen LogP contribution in [0.1, 0.15) is 58.9 Å². The Hall–Kier alpha value is -1.02. The second kappa shape index (κ2) is 9.82. The third-order valence-corrected chi connectivity index (χ3v) is 3.61. The van der Waals surface area contributed by atoms with Crippen molar-refractivity contribution in [1.29, 1.82) is 0 Å². The van der Waals surface area contributed by atoms with Crippen molar-refractivity contribution in [1.82, 2.24) is 5.32 Å². The van der Waals surface area contributed by atoms with Gasteiger partial charge in [0, 0.05) is 12.6 Å². The fraction of sp³-hybridized carbons (Fsp3) is 0.667. The summed E-state index contributed by atoms with van der Waals surface area (Å²) < 4.78 is 5.74. The van der Waals surface area contributed by atoms with Crippen LogP contribution in [-0.2, 0) is 6.54 Å². The highest BCUT2D eigenvalue weighted by molar-refractivity contribution is 5.27. The smallest absolute Gasteiger partial charge is 0.119 e. The number of ether oxygens (including phenoxy) is 1. The van der Waals surface area contributed by atoms with E-state index in [2.05, 4.69) is 57.3 Å². The molecule has 2 nitrogen and oxygen atoms in total. The van der Waals surface area contributed by atoms with E-state index in [9.17, 15) is 0 Å². The molecular formula is C18H31NO. The van der Waals surface area contributed by atoms with Crippen molar-refractivity contribution in [2.75, 3.05) is 6.61 Å². The number of nitrogens with one attached hydrogen (secondary N) is 1. The van der Waals surface area contributed by atoms with Gasteiger partial charge in [-0.1, -0.05) is 46.2 Å². The monoisotopic (exact) mass is 277 g/mol. The average Bonchev–Trinajstić information content (AvgIpc) is 2.44. The average molecular weight is 277 g/mol. The molecule has 0 bridgehead atoms. The molecule has 0 aliphatic carbocycles. The molecule has 0 saturated carbocycles. The lowest BCUT2D eigenvalue weighted by molar-refractivity contribution is 0.289. The SMILES string of the molecule is CCCC(CC)NCc1ccc(OCCC(C)C)cc1. The molecule has 0 aliphatic heterocycles. The van der Waals surface area contributed by atoms with Gasteiger partial charge in [0.25, 0.3) is 0 Å². The molecule has 2 heteroatoms. The second-order valence-electron chi connectivity index (χ2n) is 5.95. The summed E-state index contributed by atoms with van der Waals surface area (Å²) in [6, 6.07) is 9.13. The van der Waals surface area contributed by atoms with Gasteiger partial charge in [0.2, 0.25) is 0 Å². The number of hydrogen-bond donors (Lipinski definition) is 1. The lowest BCUT2D eigenvalue weighted by Gasteiger charge is -2.16. The fourth-order valence-electron chi connectivity index (χ4n) is 2.18. The van der Waals surface area contributed by atoms with Gasteiger partial charge < -0.3 is 10.1 Å². The van der Waals surface area contributed by atoms with E-state index in [0.29, 0.717) is 12.0 Å². The topological polar surface area (TPSA) is 21.3 Å². The normalized spacial score (nSPS) is 12.7. The molecule has 1 N–H and O–H groups in total. The fourth-order valence-corrected chi connectivity index (χ4v) is 2.18. The van der Waals surface area contributed by atoms with Crippen molar-refractivity contribution < 1.29 is 4.74 Å². The minimum atomic E-state index is 0.641. The first-order valence-corrected chi connectivity index (χ1v) is 8.10. The first-order valence-electron chi connectivity index (χ1n) is 8.10. The van der Waals surface area contributed by atoms with Crippen LogP contribution in [0.15, 0.2) is 24.3 Å². The van der Waals surface area contributed by atoms with Gasteiger partial charge in [-0.15, -0.1) is 0 Å². The Morgan fingerprint density at radius 2 is 1.75 bits per heavy atom. The third-order valence-electron chi connectivity index (χ3n) is 3.61. The third kappa shape index (κ3) is 6.95. The molecule has 1 unspecified atom stereocenters. The molecule has 0 aromatic heterocycles. The highest BCUT2D eigenvalue weighted by Gasteiger charge is 2.04. The standard InChI is InChI=1S/C18H31NO/c1-5-7-17(6-2)19-14-16-8-10-18(11-9-16)20-13-12-15(3)4/h8-11,15,17,19H,5-7,12-14H2,1-4H3. The summed E-state index contributed by atoms with van der Waals surface area (Å²) in [5.41, 5.74) is 1.33. The van der Waals surface area contributed by atoms with E-state index < -0.39 is 0 Å². The van der Waals surface area contributed by atoms with Crippen LogP contribution in [0.2, 0.25) is 0 Å². The van der Waals surface area contributed by atoms with Crippen molar-refractivity contribution >= 4 is 0 Å². The largest absolute Gasteiger partial charge is 0.494 e. The molecule has 1 atom stereocenters. The minimum absolute atomic E-state index is 0.641. The van der Waals surface area contributed by atoms with E-state index in [0.717, 1.165) is 25.3 Å². The maximum absolute atomic E-state index is 5.74. The lowest BCUT2D eigenvalue weighted by atomic mass is 10.1. The molecule has 0 saturated heterocycles. The Morgan fingerprint density at radius 3 is 2.30 bits per heavy atom. The molecular weight excluding hydrogens is 246 g/mol. The van der Waals surface area contributed by atoms with Crippen LogP contribution in [0.4, 0.5) is 0 Å². The Bertz CT molecular complexity index is 345. The van der Waals surface area contributed by atoms with Gasteiger partial charge in [0.1, 0.15) is 5.75 Å². The first kappa shape index (κ1) is 17.0. The summed E-state index contributed by atoms with van der Waals surface area (Å²) in [5.74, 6) is 1.68. The molecule has 1 rings (SSSR count). The quantitative estimate of drug-likeness (QED) is 0.664. The Labute approximate surface area is 124 Å². The van der Waals surface area contributed by atoms with Crippen LogP contribution in [0, 0.1) is 5.92 Å². The molecule has 1 aromatic rings. The van der Waals surface area contributed by atoms with E-state index in [1.54, 1.807) is 0 Å². The van der Waals surface area contributed by atoms with E-state index in [1.165, 1.54) is 24.8 Å². The molecule has 0 fully saturated rings. The minimum Gasteiger partial charge on any atom is -0.494 e. The van der Waals surface area contributed by atoms with Gasteiger partial charge in [0.05, 0.1) is 6.61 Å². The van der Waals surface area contributed by atoms with Crippen LogP contribution in [0.3, 0.4) is 0 Å². The van der Waals surface area contributed by atoms with E-state index >= 15 is 0 Å². The summed E-state index contributed by atoms with van der Waals surface area (Å²) >= 11 is 0. The predicted molar refractivity (Wildman–Crippen MR) is 87.2 cm³/mol. The van der Waals surface area contributed by atoms with Gasteiger partial charge in [0.15, 0.2) is 0 Å². The van der Waals surface area contributed by atoms with Crippen LogP contribution in [0.5, 0.6) is 5.75 Å². The van der Waals surface area contributed by atoms with Crippen molar-refractivity contribution in [2.45, 2.75) is 66.0 Å². The van der Waals surface area contributed by atoms with Crippen LogP contribution < -0.4 is 10.1 Å². The molecule has 20 heavy (non-hydrogen) atoms. The molecule has 0 spiro atoms. The highest BCUT2D eigenvalue weighted by atomic mass is 16.5. The van der Waals surface area contributed by atoms with Crippen molar-refractivity contribution in [3.63, 3.8) is 0 Å². The summed E-state index contributed by atoms with van der Waals surface area (Å²) in [6.45, 7) is 10.7. The molecule has 114 valence electrons. The Morgan fingerprint density at radius 1 is 1.05 bits per heavy atom. The molecule has 0 amide bonds. The molecule has 0 aliphatic rings. The van der Waals surface area contributed by atoms with Crippen molar-refractivity contribution in [2.24, 2.45) is 5.92 Å². The van der Waals surface area contributed by atoms with Crippen LogP contribution in [0.25, 0.3) is 0 Å². The maximum atomic E-state index is 5.74. The zero-order chi connectivity index (χ0) is 14.8. The van der Waals surface area contributed by atoms with Gasteiger partial charge in [-0.3, -0.25) is 0 Å². The Kier molecular flexibility index (Phi) is 8.36. The van der Waals surface area contributed by atoms with Crippen LogP contribution >= 0.6 is 0 Å². The number of benzene rings is 1. The number of hydrogen-bond acceptors (Lipinski definition) is 2. The number of rotatable bonds is 10. The maximum Gasteiger partial charge on any atom is 0.119 e. The lowest BCUT2D eigenvalue weighted by Crippen LogP contribution is -2.27. The van der Waals surface area contributed by atoms with Crippen molar-refractivity contribution in [3.05, 3.63) is 29.8 Å². The second-order valence-corrected chi connectivity index (χ2v) is 5.95. The zero-order valence-corrected chi connectivity index (χ0v) is 13.6. The van der Waals surface area contributed by atoms with E-state index in [4.69, 9.17) is 4.74 Å². The predicted octanol–water partition coefficient (Wildman–Crippen LogP) is 4.78. The van der Waals surface area contributed by atoms with Gasteiger partial charge in [-0.2, -0.15) is 0 Å². The van der Waals surface area contributed by atoms with Crippen LogP contribution in [-0.4, -0.2) is 12.6 Å². The Balaban J connectivity index is 2.34. The van der Waals surface area contributed by atoms with Gasteiger partial charge >= 0.3 is 0 Å². The summed E-state index contributed by atoms with van der Waals surface area (Å²) in [6.07, 6.45) is 4.81. The zero-order valence-electron chi connectivity index (χ0n) is 13.6. The van der Waals surface area contributed by atoms with Crippen molar-refractivity contribution in [3.8, 4) is 5.75 Å². The van der Waals surface area contributed by atoms with Gasteiger partial charge in [-0.05, 0) is 42.9 Å². The molecule has 0 radical (unpaired) electrons. The summed E-state index contributed by atoms with van der Waals surface area (Å²) in [4.78, 5) is 0.